The molecule has 1 saturated carbocycles. The molecule has 0 unspecified atom stereocenters. The molecule has 0 bridgehead atoms. The monoisotopic (exact) mass is 295 g/mol. The van der Waals surface area contributed by atoms with Crippen molar-refractivity contribution in [2.75, 3.05) is 18.0 Å². The summed E-state index contributed by atoms with van der Waals surface area (Å²) < 4.78 is 39.2. The van der Waals surface area contributed by atoms with Gasteiger partial charge in [-0.1, -0.05) is 5.92 Å². The minimum absolute atomic E-state index is 0.0538. The lowest BCUT2D eigenvalue weighted by atomic mass is 10.3. The number of nitrogens with zero attached hydrogens (tertiary/aromatic N) is 5. The molecule has 8 heteroatoms. The van der Waals surface area contributed by atoms with Crippen LogP contribution >= 0.6 is 0 Å². The smallest absolute Gasteiger partial charge is 0.344 e. The Balaban J connectivity index is 1.99. The maximum atomic E-state index is 12.8. The van der Waals surface area contributed by atoms with Gasteiger partial charge in [0.2, 0.25) is 0 Å². The summed E-state index contributed by atoms with van der Waals surface area (Å²) in [7, 11) is 0. The molecule has 0 atom stereocenters. The first kappa shape index (κ1) is 13.7. The van der Waals surface area contributed by atoms with Crippen molar-refractivity contribution >= 4 is 11.5 Å². The molecule has 5 nitrogen and oxygen atoms in total. The minimum Gasteiger partial charge on any atom is -0.344 e. The first-order chi connectivity index (χ1) is 9.99. The summed E-state index contributed by atoms with van der Waals surface area (Å²) in [5.41, 5.74) is 0.0538. The van der Waals surface area contributed by atoms with Crippen LogP contribution < -0.4 is 4.90 Å². The first-order valence-electron chi connectivity index (χ1n) is 6.47. The largest absolute Gasteiger partial charge is 0.453 e. The van der Waals surface area contributed by atoms with Crippen LogP contribution in [0.5, 0.6) is 0 Å². The Hall–Kier alpha value is -2.30. The summed E-state index contributed by atoms with van der Waals surface area (Å²) in [6, 6.07) is 3.07. The van der Waals surface area contributed by atoms with Crippen LogP contribution in [0.25, 0.3) is 5.65 Å². The topological polar surface area (TPSA) is 46.3 Å². The van der Waals surface area contributed by atoms with E-state index in [2.05, 4.69) is 21.2 Å². The highest BCUT2D eigenvalue weighted by molar-refractivity contribution is 5.47. The second-order valence-electron chi connectivity index (χ2n) is 5.01. The fourth-order valence-electron chi connectivity index (χ4n) is 2.09. The quantitative estimate of drug-likeness (QED) is 0.809. The van der Waals surface area contributed by atoms with E-state index < -0.39 is 12.0 Å². The van der Waals surface area contributed by atoms with Gasteiger partial charge in [-0.25, -0.2) is 0 Å². The van der Waals surface area contributed by atoms with E-state index in [4.69, 9.17) is 6.42 Å². The van der Waals surface area contributed by atoms with E-state index in [-0.39, 0.29) is 5.65 Å². The van der Waals surface area contributed by atoms with Crippen molar-refractivity contribution in [2.45, 2.75) is 19.0 Å². The molecule has 2 aromatic rings. The fourth-order valence-corrected chi connectivity index (χ4v) is 2.09. The molecule has 21 heavy (non-hydrogen) atoms. The summed E-state index contributed by atoms with van der Waals surface area (Å²) >= 11 is 0. The summed E-state index contributed by atoms with van der Waals surface area (Å²) in [4.78, 5) is 1.80. The van der Waals surface area contributed by atoms with Gasteiger partial charge >= 0.3 is 6.18 Å². The second-order valence-corrected chi connectivity index (χ2v) is 5.01. The van der Waals surface area contributed by atoms with Crippen LogP contribution in [0.3, 0.4) is 0 Å². The zero-order valence-corrected chi connectivity index (χ0v) is 11.0. The molecule has 2 aromatic heterocycles. The maximum Gasteiger partial charge on any atom is 0.453 e. The fraction of sp³-hybridized carbons (Fsp3) is 0.462. The lowest BCUT2D eigenvalue weighted by molar-refractivity contribution is -0.146. The van der Waals surface area contributed by atoms with E-state index in [0.717, 1.165) is 12.8 Å². The lowest BCUT2D eigenvalue weighted by Gasteiger charge is -2.20. The van der Waals surface area contributed by atoms with Crippen LogP contribution in [0.15, 0.2) is 12.1 Å². The average molecular weight is 295 g/mol. The number of rotatable bonds is 4. The van der Waals surface area contributed by atoms with E-state index in [0.29, 0.717) is 29.3 Å². The van der Waals surface area contributed by atoms with Gasteiger partial charge in [0.25, 0.3) is 5.82 Å². The number of aromatic nitrogens is 4. The zero-order chi connectivity index (χ0) is 15.0. The lowest BCUT2D eigenvalue weighted by Crippen LogP contribution is -2.27. The van der Waals surface area contributed by atoms with Crippen molar-refractivity contribution in [2.24, 2.45) is 5.92 Å². The van der Waals surface area contributed by atoms with Gasteiger partial charge in [0.1, 0.15) is 0 Å². The first-order valence-corrected chi connectivity index (χ1v) is 6.47. The number of terminal acetylenes is 1. The Bertz CT molecular complexity index is 696. The summed E-state index contributed by atoms with van der Waals surface area (Å²) in [6.45, 7) is 1.00. The van der Waals surface area contributed by atoms with Crippen LogP contribution in [0.4, 0.5) is 19.0 Å². The highest BCUT2D eigenvalue weighted by Crippen LogP contribution is 2.31. The summed E-state index contributed by atoms with van der Waals surface area (Å²) in [5, 5.41) is 10.6. The molecule has 0 saturated heterocycles. The van der Waals surface area contributed by atoms with E-state index in [1.807, 2.05) is 0 Å². The van der Waals surface area contributed by atoms with Gasteiger partial charge in [-0.2, -0.15) is 17.7 Å². The van der Waals surface area contributed by atoms with E-state index >= 15 is 0 Å². The molecule has 0 amide bonds. The van der Waals surface area contributed by atoms with Gasteiger partial charge in [-0.15, -0.1) is 21.7 Å². The standard InChI is InChI=1S/C13H12F3N5/c1-2-7-20(8-9-3-4-9)11-6-5-10-17-18-12(13(14,15)16)21(10)19-11/h1,5-6,9H,3-4,7-8H2. The van der Waals surface area contributed by atoms with E-state index in [1.54, 1.807) is 11.0 Å². The zero-order valence-electron chi connectivity index (χ0n) is 11.0. The third-order valence-corrected chi connectivity index (χ3v) is 3.28. The number of hydrogen-bond acceptors (Lipinski definition) is 4. The Kier molecular flexibility index (Phi) is 3.20. The van der Waals surface area contributed by atoms with Crippen LogP contribution in [0, 0.1) is 18.3 Å². The number of alkyl halides is 3. The normalized spacial score (nSPS) is 15.1. The van der Waals surface area contributed by atoms with Gasteiger partial charge in [0.05, 0.1) is 6.54 Å². The molecule has 0 aliphatic heterocycles. The molecule has 3 rings (SSSR count). The van der Waals surface area contributed by atoms with Crippen molar-refractivity contribution in [3.63, 3.8) is 0 Å². The molecular weight excluding hydrogens is 283 g/mol. The van der Waals surface area contributed by atoms with Crippen LogP contribution in [0.2, 0.25) is 0 Å². The molecule has 1 aliphatic carbocycles. The number of fused-ring (bicyclic) bond motifs is 1. The van der Waals surface area contributed by atoms with Crippen LogP contribution in [-0.4, -0.2) is 32.9 Å². The Morgan fingerprint density at radius 3 is 2.71 bits per heavy atom. The molecular formula is C13H12F3N5. The maximum absolute atomic E-state index is 12.8. The molecule has 110 valence electrons. The number of hydrogen-bond donors (Lipinski definition) is 0. The molecule has 0 radical (unpaired) electrons. The Labute approximate surface area is 118 Å². The second kappa shape index (κ2) is 4.91. The van der Waals surface area contributed by atoms with Gasteiger partial charge in [-0.3, -0.25) is 0 Å². The highest BCUT2D eigenvalue weighted by atomic mass is 19.4. The third kappa shape index (κ3) is 2.77. The van der Waals surface area contributed by atoms with Crippen LogP contribution in [0.1, 0.15) is 18.7 Å². The molecule has 0 N–H and O–H groups in total. The van der Waals surface area contributed by atoms with E-state index in [1.165, 1.54) is 6.07 Å². The van der Waals surface area contributed by atoms with Gasteiger partial charge in [0, 0.05) is 6.54 Å². The van der Waals surface area contributed by atoms with Crippen molar-refractivity contribution in [1.82, 2.24) is 19.8 Å². The van der Waals surface area contributed by atoms with Crippen LogP contribution in [-0.2, 0) is 6.18 Å². The van der Waals surface area contributed by atoms with Crippen molar-refractivity contribution in [3.05, 3.63) is 18.0 Å². The molecule has 2 heterocycles. The predicted octanol–water partition coefficient (Wildman–Crippen LogP) is 1.99. The Morgan fingerprint density at radius 2 is 2.10 bits per heavy atom. The SMILES string of the molecule is C#CCN(CC1CC1)c1ccc2nnc(C(F)(F)F)n2n1. The average Bonchev–Trinajstić information content (AvgIpc) is 3.13. The summed E-state index contributed by atoms with van der Waals surface area (Å²) in [5.74, 6) is 2.32. The van der Waals surface area contributed by atoms with E-state index in [9.17, 15) is 13.2 Å². The predicted molar refractivity (Wildman–Crippen MR) is 69.6 cm³/mol. The Morgan fingerprint density at radius 1 is 1.33 bits per heavy atom. The highest BCUT2D eigenvalue weighted by Gasteiger charge is 2.37. The molecule has 0 aromatic carbocycles. The molecule has 0 spiro atoms. The minimum atomic E-state index is -4.60. The summed E-state index contributed by atoms with van der Waals surface area (Å²) in [6.07, 6.45) is 2.95. The molecule has 1 aliphatic rings. The number of anilines is 1. The van der Waals surface area contributed by atoms with Crippen molar-refractivity contribution < 1.29 is 13.2 Å². The van der Waals surface area contributed by atoms with Crippen molar-refractivity contribution in [3.8, 4) is 12.3 Å². The molecule has 1 fully saturated rings. The van der Waals surface area contributed by atoms with Crippen molar-refractivity contribution in [1.29, 1.82) is 0 Å². The van der Waals surface area contributed by atoms with Gasteiger partial charge in [-0.05, 0) is 30.9 Å². The number of halogens is 3. The van der Waals surface area contributed by atoms with Gasteiger partial charge < -0.3 is 4.90 Å². The third-order valence-electron chi connectivity index (χ3n) is 3.28. The van der Waals surface area contributed by atoms with Gasteiger partial charge in [0.15, 0.2) is 11.5 Å².